The molecule has 0 aliphatic rings. The first-order valence-corrected chi connectivity index (χ1v) is 9.18. The lowest BCUT2D eigenvalue weighted by molar-refractivity contribution is -0.125. The van der Waals surface area contributed by atoms with Crippen molar-refractivity contribution in [2.75, 3.05) is 20.8 Å². The molecule has 28 heavy (non-hydrogen) atoms. The van der Waals surface area contributed by atoms with Gasteiger partial charge in [-0.25, -0.2) is 4.79 Å². The Hall–Kier alpha value is -3.02. The van der Waals surface area contributed by atoms with Gasteiger partial charge in [-0.15, -0.1) is 0 Å². The van der Waals surface area contributed by atoms with Crippen LogP contribution in [-0.4, -0.2) is 32.7 Å². The van der Waals surface area contributed by atoms with E-state index in [4.69, 9.17) is 14.2 Å². The summed E-state index contributed by atoms with van der Waals surface area (Å²) < 4.78 is 15.6. The summed E-state index contributed by atoms with van der Waals surface area (Å²) in [6.07, 6.45) is 0.785. The van der Waals surface area contributed by atoms with E-state index in [9.17, 15) is 9.59 Å². The summed E-state index contributed by atoms with van der Waals surface area (Å²) >= 11 is 0. The third-order valence-electron chi connectivity index (χ3n) is 4.20. The molecule has 0 heterocycles. The van der Waals surface area contributed by atoms with Crippen molar-refractivity contribution in [3.8, 4) is 11.5 Å². The zero-order valence-electron chi connectivity index (χ0n) is 16.7. The molecule has 1 atom stereocenters. The first-order valence-electron chi connectivity index (χ1n) is 9.18. The molecule has 0 spiro atoms. The van der Waals surface area contributed by atoms with Crippen LogP contribution >= 0.6 is 0 Å². The minimum atomic E-state index is -0.647. The van der Waals surface area contributed by atoms with Crippen LogP contribution in [0.25, 0.3) is 0 Å². The Morgan fingerprint density at radius 2 is 1.68 bits per heavy atom. The molecule has 0 radical (unpaired) electrons. The second-order valence-corrected chi connectivity index (χ2v) is 6.78. The minimum Gasteiger partial charge on any atom is -0.493 e. The summed E-state index contributed by atoms with van der Waals surface area (Å²) in [6, 6.07) is 14.5. The number of amides is 1. The molecule has 0 saturated carbocycles. The molecular weight excluding hydrogens is 358 g/mol. The van der Waals surface area contributed by atoms with E-state index in [0.29, 0.717) is 11.7 Å². The van der Waals surface area contributed by atoms with Gasteiger partial charge >= 0.3 is 5.97 Å². The van der Waals surface area contributed by atoms with Crippen LogP contribution in [0, 0.1) is 5.92 Å². The van der Waals surface area contributed by atoms with Crippen molar-refractivity contribution in [3.63, 3.8) is 0 Å². The topological polar surface area (TPSA) is 73.9 Å². The van der Waals surface area contributed by atoms with Crippen molar-refractivity contribution in [1.29, 1.82) is 0 Å². The highest BCUT2D eigenvalue weighted by Gasteiger charge is 2.20. The lowest BCUT2D eigenvalue weighted by Crippen LogP contribution is -2.33. The fraction of sp³-hybridized carbons (Fsp3) is 0.364. The van der Waals surface area contributed by atoms with E-state index in [0.717, 1.165) is 12.0 Å². The maximum Gasteiger partial charge on any atom is 0.342 e. The smallest absolute Gasteiger partial charge is 0.342 e. The van der Waals surface area contributed by atoms with E-state index in [2.05, 4.69) is 19.2 Å². The van der Waals surface area contributed by atoms with Gasteiger partial charge in [0.1, 0.15) is 5.56 Å². The zero-order chi connectivity index (χ0) is 20.5. The fourth-order valence-corrected chi connectivity index (χ4v) is 2.93. The summed E-state index contributed by atoms with van der Waals surface area (Å²) in [5.74, 6) is 0.0877. The van der Waals surface area contributed by atoms with Crippen LogP contribution in [-0.2, 0) is 9.53 Å². The number of para-hydroxylation sites is 1. The molecule has 6 nitrogen and oxygen atoms in total. The van der Waals surface area contributed by atoms with Gasteiger partial charge in [-0.1, -0.05) is 50.2 Å². The Bertz CT molecular complexity index is 789. The number of hydrogen-bond acceptors (Lipinski definition) is 5. The number of carbonyl (C=O) groups is 2. The lowest BCUT2D eigenvalue weighted by Gasteiger charge is -2.21. The quantitative estimate of drug-likeness (QED) is 0.665. The Labute approximate surface area is 165 Å². The molecule has 0 bridgehead atoms. The summed E-state index contributed by atoms with van der Waals surface area (Å²) in [5, 5.41) is 2.95. The number of methoxy groups -OCH3 is 2. The molecular formula is C22H27NO5. The van der Waals surface area contributed by atoms with Gasteiger partial charge in [0.25, 0.3) is 5.91 Å². The van der Waals surface area contributed by atoms with E-state index in [-0.39, 0.29) is 29.9 Å². The van der Waals surface area contributed by atoms with E-state index in [1.165, 1.54) is 14.2 Å². The van der Waals surface area contributed by atoms with Crippen LogP contribution < -0.4 is 14.8 Å². The third-order valence-corrected chi connectivity index (χ3v) is 4.20. The predicted octanol–water partition coefficient (Wildman–Crippen LogP) is 3.76. The average molecular weight is 385 g/mol. The first-order chi connectivity index (χ1) is 13.5. The summed E-state index contributed by atoms with van der Waals surface area (Å²) in [6.45, 7) is 3.81. The van der Waals surface area contributed by atoms with Gasteiger partial charge in [0, 0.05) is 0 Å². The molecule has 2 aromatic carbocycles. The Morgan fingerprint density at radius 1 is 0.964 bits per heavy atom. The minimum absolute atomic E-state index is 0.140. The Kier molecular flexibility index (Phi) is 7.87. The van der Waals surface area contributed by atoms with Crippen molar-refractivity contribution < 1.29 is 23.8 Å². The Morgan fingerprint density at radius 3 is 2.29 bits per heavy atom. The van der Waals surface area contributed by atoms with Gasteiger partial charge in [0.2, 0.25) is 0 Å². The van der Waals surface area contributed by atoms with E-state index in [1.54, 1.807) is 18.2 Å². The predicted molar refractivity (Wildman–Crippen MR) is 107 cm³/mol. The number of rotatable bonds is 9. The second kappa shape index (κ2) is 10.3. The number of nitrogens with one attached hydrogen (secondary N) is 1. The molecule has 0 saturated heterocycles. The number of benzene rings is 2. The monoisotopic (exact) mass is 385 g/mol. The number of carbonyl (C=O) groups excluding carboxylic acids is 2. The molecule has 0 aliphatic heterocycles. The van der Waals surface area contributed by atoms with Gasteiger partial charge in [0.15, 0.2) is 18.1 Å². The molecule has 0 unspecified atom stereocenters. The molecule has 0 aliphatic carbocycles. The number of hydrogen-bond donors (Lipinski definition) is 1. The van der Waals surface area contributed by atoms with Crippen molar-refractivity contribution >= 4 is 11.9 Å². The normalized spacial score (nSPS) is 11.6. The standard InChI is InChI=1S/C22H27NO5/c1-15(2)13-18(16-9-6-5-7-10-16)23-20(24)14-28-22(25)17-11-8-12-19(26-3)21(17)27-4/h5-12,15,18H,13-14H2,1-4H3,(H,23,24)/t18-/m1/s1. The van der Waals surface area contributed by atoms with Gasteiger partial charge < -0.3 is 19.5 Å². The van der Waals surface area contributed by atoms with Crippen molar-refractivity contribution in [1.82, 2.24) is 5.32 Å². The van der Waals surface area contributed by atoms with Crippen LogP contribution in [0.2, 0.25) is 0 Å². The van der Waals surface area contributed by atoms with Crippen molar-refractivity contribution in [2.24, 2.45) is 5.92 Å². The third kappa shape index (κ3) is 5.74. The zero-order valence-corrected chi connectivity index (χ0v) is 16.7. The SMILES string of the molecule is COc1cccc(C(=O)OCC(=O)N[C@H](CC(C)C)c2ccccc2)c1OC. The van der Waals surface area contributed by atoms with E-state index < -0.39 is 5.97 Å². The maximum absolute atomic E-state index is 12.4. The second-order valence-electron chi connectivity index (χ2n) is 6.78. The average Bonchev–Trinajstić information content (AvgIpc) is 2.71. The molecule has 2 rings (SSSR count). The summed E-state index contributed by atoms with van der Waals surface area (Å²) in [7, 11) is 2.93. The van der Waals surface area contributed by atoms with Gasteiger partial charge in [-0.05, 0) is 30.0 Å². The van der Waals surface area contributed by atoms with Gasteiger partial charge in [-0.2, -0.15) is 0 Å². The highest BCUT2D eigenvalue weighted by molar-refractivity contribution is 5.95. The molecule has 150 valence electrons. The molecule has 0 fully saturated rings. The molecule has 1 N–H and O–H groups in total. The van der Waals surface area contributed by atoms with E-state index >= 15 is 0 Å². The maximum atomic E-state index is 12.4. The summed E-state index contributed by atoms with van der Waals surface area (Å²) in [5.41, 5.74) is 1.22. The van der Waals surface area contributed by atoms with Gasteiger partial charge in [0.05, 0.1) is 20.3 Å². The molecule has 2 aromatic rings. The lowest BCUT2D eigenvalue weighted by atomic mass is 9.97. The highest BCUT2D eigenvalue weighted by atomic mass is 16.5. The molecule has 6 heteroatoms. The van der Waals surface area contributed by atoms with Crippen LogP contribution in [0.1, 0.15) is 42.2 Å². The van der Waals surface area contributed by atoms with Crippen LogP contribution in [0.4, 0.5) is 0 Å². The summed E-state index contributed by atoms with van der Waals surface area (Å²) in [4.78, 5) is 24.8. The highest BCUT2D eigenvalue weighted by Crippen LogP contribution is 2.31. The molecule has 1 amide bonds. The van der Waals surface area contributed by atoms with Crippen LogP contribution in [0.3, 0.4) is 0 Å². The molecule has 0 aromatic heterocycles. The van der Waals surface area contributed by atoms with Gasteiger partial charge in [-0.3, -0.25) is 4.79 Å². The van der Waals surface area contributed by atoms with Crippen molar-refractivity contribution in [2.45, 2.75) is 26.3 Å². The number of esters is 1. The van der Waals surface area contributed by atoms with Crippen molar-refractivity contribution in [3.05, 3.63) is 59.7 Å². The van der Waals surface area contributed by atoms with Crippen LogP contribution in [0.5, 0.6) is 11.5 Å². The van der Waals surface area contributed by atoms with Crippen LogP contribution in [0.15, 0.2) is 48.5 Å². The fourth-order valence-electron chi connectivity index (χ4n) is 2.93. The Balaban J connectivity index is 2.02. The van der Waals surface area contributed by atoms with E-state index in [1.807, 2.05) is 30.3 Å². The first kappa shape index (κ1) is 21.3. The number of ether oxygens (including phenoxy) is 3. The largest absolute Gasteiger partial charge is 0.493 e.